The molecule has 0 unspecified atom stereocenters. The summed E-state index contributed by atoms with van der Waals surface area (Å²) in [6.07, 6.45) is 0. The standard InChI is InChI=1S/C7H6Cl.Pb/c1-6-2-4-7(8)5-3-6;/h2,4-5H,1H3;. The Kier molecular flexibility index (Phi) is 2.52. The van der Waals surface area contributed by atoms with Gasteiger partial charge >= 0.3 is 76.2 Å². The van der Waals surface area contributed by atoms with Gasteiger partial charge in [0.05, 0.1) is 0 Å². The number of benzene rings is 1. The maximum atomic E-state index is 5.74. The van der Waals surface area contributed by atoms with E-state index in [0.717, 1.165) is 30.8 Å². The van der Waals surface area contributed by atoms with Crippen LogP contribution in [-0.2, 0) is 0 Å². The molecule has 45 valence electrons. The van der Waals surface area contributed by atoms with Crippen LogP contribution >= 0.6 is 11.6 Å². The molecule has 0 aliphatic heterocycles. The van der Waals surface area contributed by atoms with Gasteiger partial charge < -0.3 is 0 Å². The minimum absolute atomic E-state index is 0.852. The van der Waals surface area contributed by atoms with Crippen molar-refractivity contribution in [1.29, 1.82) is 0 Å². The number of rotatable bonds is 0. The number of hydrogen-bond acceptors (Lipinski definition) is 0. The first-order valence-corrected chi connectivity index (χ1v) is 5.00. The van der Waals surface area contributed by atoms with Gasteiger partial charge in [-0.25, -0.2) is 0 Å². The molecule has 9 heavy (non-hydrogen) atoms. The van der Waals surface area contributed by atoms with Crippen molar-refractivity contribution < 1.29 is 0 Å². The predicted molar refractivity (Wildman–Crippen MR) is 41.6 cm³/mol. The minimum atomic E-state index is 0.852. The molecule has 3 radical (unpaired) electrons. The van der Waals surface area contributed by atoms with Gasteiger partial charge in [-0.1, -0.05) is 0 Å². The molecule has 0 nitrogen and oxygen atoms in total. The van der Waals surface area contributed by atoms with Gasteiger partial charge in [0.15, 0.2) is 0 Å². The summed E-state index contributed by atoms with van der Waals surface area (Å²) in [5.74, 6) is 0. The molecule has 0 saturated carbocycles. The van der Waals surface area contributed by atoms with Gasteiger partial charge in [0.2, 0.25) is 0 Å². The topological polar surface area (TPSA) is 0 Å². The first kappa shape index (κ1) is 7.54. The summed E-state index contributed by atoms with van der Waals surface area (Å²) in [5.41, 5.74) is 1.35. The summed E-state index contributed by atoms with van der Waals surface area (Å²) >= 11 is 6.83. The molecular formula is C7H6ClPb. The van der Waals surface area contributed by atoms with Crippen LogP contribution in [0.5, 0.6) is 0 Å². The first-order chi connectivity index (χ1) is 4.20. The Morgan fingerprint density at radius 1 is 1.44 bits per heavy atom. The molecule has 0 aliphatic carbocycles. The van der Waals surface area contributed by atoms with Gasteiger partial charge in [0, 0.05) is 0 Å². The van der Waals surface area contributed by atoms with Gasteiger partial charge in [-0.2, -0.15) is 0 Å². The average Bonchev–Trinajstić information content (AvgIpc) is 1.80. The van der Waals surface area contributed by atoms with Crippen LogP contribution in [0.2, 0.25) is 5.02 Å². The van der Waals surface area contributed by atoms with Crippen LogP contribution in [0.4, 0.5) is 0 Å². The quantitative estimate of drug-likeness (QED) is 0.631. The van der Waals surface area contributed by atoms with Crippen molar-refractivity contribution in [3.05, 3.63) is 28.8 Å². The van der Waals surface area contributed by atoms with Gasteiger partial charge in [-0.3, -0.25) is 0 Å². The molecule has 0 spiro atoms. The maximum absolute atomic E-state index is 5.74. The van der Waals surface area contributed by atoms with E-state index < -0.39 is 0 Å². The van der Waals surface area contributed by atoms with Gasteiger partial charge in [0.1, 0.15) is 0 Å². The van der Waals surface area contributed by atoms with Gasteiger partial charge in [-0.05, 0) is 0 Å². The van der Waals surface area contributed by atoms with E-state index in [2.05, 4.69) is 13.0 Å². The molecule has 0 N–H and O–H groups in total. The van der Waals surface area contributed by atoms with Crippen LogP contribution in [-0.4, -0.2) is 25.8 Å². The predicted octanol–water partition coefficient (Wildman–Crippen LogP) is 1.44. The Bertz CT molecular complexity index is 220. The molecule has 0 heterocycles. The third-order valence-electron chi connectivity index (χ3n) is 1.20. The molecule has 0 aliphatic rings. The van der Waals surface area contributed by atoms with Crippen LogP contribution in [0.25, 0.3) is 0 Å². The number of aryl methyl sites for hydroxylation is 1. The van der Waals surface area contributed by atoms with Crippen molar-refractivity contribution in [1.82, 2.24) is 0 Å². The van der Waals surface area contributed by atoms with Crippen molar-refractivity contribution in [2.24, 2.45) is 0 Å². The SMILES string of the molecule is Cc1ccc(Cl)c[c]1[Pb]. The zero-order valence-electron chi connectivity index (χ0n) is 5.11. The van der Waals surface area contributed by atoms with E-state index in [4.69, 9.17) is 11.6 Å². The Labute approximate surface area is 75.9 Å². The normalized spacial score (nSPS) is 9.67. The molecule has 1 rings (SSSR count). The van der Waals surface area contributed by atoms with Crippen molar-refractivity contribution in [3.8, 4) is 0 Å². The van der Waals surface area contributed by atoms with Crippen LogP contribution in [0.15, 0.2) is 18.2 Å². The Morgan fingerprint density at radius 2 is 2.11 bits per heavy atom. The fourth-order valence-corrected chi connectivity index (χ4v) is 2.05. The number of hydrogen-bond donors (Lipinski definition) is 0. The Balaban J connectivity index is 3.17. The molecule has 0 fully saturated rings. The van der Waals surface area contributed by atoms with E-state index in [1.54, 1.807) is 0 Å². The molecule has 0 aromatic heterocycles. The van der Waals surface area contributed by atoms with Gasteiger partial charge in [-0.15, -0.1) is 0 Å². The average molecular weight is 333 g/mol. The Morgan fingerprint density at radius 3 is 2.56 bits per heavy atom. The molecular weight excluding hydrogens is 327 g/mol. The van der Waals surface area contributed by atoms with E-state index in [1.807, 2.05) is 12.1 Å². The molecule has 0 amide bonds. The molecule has 0 bridgehead atoms. The molecule has 1 aromatic carbocycles. The summed E-state index contributed by atoms with van der Waals surface area (Å²) in [6.45, 7) is 2.11. The summed E-state index contributed by atoms with van der Waals surface area (Å²) in [7, 11) is 0. The monoisotopic (exact) mass is 333 g/mol. The van der Waals surface area contributed by atoms with Crippen LogP contribution in [0, 0.1) is 6.92 Å². The van der Waals surface area contributed by atoms with E-state index in [1.165, 1.54) is 8.69 Å². The fraction of sp³-hybridized carbons (Fsp3) is 0.143. The summed E-state index contributed by atoms with van der Waals surface area (Å²) in [4.78, 5) is 0. The molecule has 0 atom stereocenters. The van der Waals surface area contributed by atoms with E-state index >= 15 is 0 Å². The van der Waals surface area contributed by atoms with Gasteiger partial charge in [0.25, 0.3) is 0 Å². The zero-order valence-corrected chi connectivity index (χ0v) is 9.75. The van der Waals surface area contributed by atoms with E-state index in [9.17, 15) is 0 Å². The summed E-state index contributed by atoms with van der Waals surface area (Å²) in [5, 5.41) is 0.852. The van der Waals surface area contributed by atoms with Crippen molar-refractivity contribution in [3.63, 3.8) is 0 Å². The molecule has 2 heteroatoms. The van der Waals surface area contributed by atoms with E-state index in [-0.39, 0.29) is 0 Å². The van der Waals surface area contributed by atoms with Crippen molar-refractivity contribution in [2.75, 3.05) is 0 Å². The second-order valence-corrected chi connectivity index (χ2v) is 4.49. The Hall–Kier alpha value is 0.432. The molecule has 1 aromatic rings. The first-order valence-electron chi connectivity index (χ1n) is 2.68. The van der Waals surface area contributed by atoms with Crippen LogP contribution in [0.1, 0.15) is 5.56 Å². The molecule has 0 saturated heterocycles. The number of halogens is 1. The van der Waals surface area contributed by atoms with E-state index in [0.29, 0.717) is 0 Å². The van der Waals surface area contributed by atoms with Crippen LogP contribution in [0.3, 0.4) is 0 Å². The summed E-state index contributed by atoms with van der Waals surface area (Å²) in [6, 6.07) is 6.02. The van der Waals surface area contributed by atoms with Crippen molar-refractivity contribution in [2.45, 2.75) is 6.92 Å². The third-order valence-corrected chi connectivity index (χ3v) is 3.53. The fourth-order valence-electron chi connectivity index (χ4n) is 0.594. The second-order valence-electron chi connectivity index (χ2n) is 1.96. The van der Waals surface area contributed by atoms with Crippen LogP contribution < -0.4 is 3.12 Å². The van der Waals surface area contributed by atoms with Crippen molar-refractivity contribution >= 4 is 40.5 Å². The second kappa shape index (κ2) is 3.01. The summed E-state index contributed by atoms with van der Waals surface area (Å²) < 4.78 is 1.39. The third kappa shape index (κ3) is 1.93. The zero-order chi connectivity index (χ0) is 6.85.